The molecule has 1 heterocycles. The lowest BCUT2D eigenvalue weighted by molar-refractivity contribution is -0.117. The van der Waals surface area contributed by atoms with Gasteiger partial charge in [-0.05, 0) is 65.3 Å². The number of amides is 2. The molecule has 0 atom stereocenters. The summed E-state index contributed by atoms with van der Waals surface area (Å²) >= 11 is 2.09. The van der Waals surface area contributed by atoms with Crippen molar-refractivity contribution in [1.82, 2.24) is 10.3 Å². The highest BCUT2D eigenvalue weighted by Crippen LogP contribution is 2.30. The third kappa shape index (κ3) is 4.76. The van der Waals surface area contributed by atoms with Crippen LogP contribution in [0.5, 0.6) is 0 Å². The third-order valence-electron chi connectivity index (χ3n) is 3.76. The first-order valence-corrected chi connectivity index (χ1v) is 8.89. The predicted molar refractivity (Wildman–Crippen MR) is 101 cm³/mol. The van der Waals surface area contributed by atoms with Crippen LogP contribution in [0.3, 0.4) is 0 Å². The summed E-state index contributed by atoms with van der Waals surface area (Å²) in [5, 5.41) is 14.3. The Morgan fingerprint density at radius 2 is 1.96 bits per heavy atom. The van der Waals surface area contributed by atoms with Crippen molar-refractivity contribution in [3.63, 3.8) is 0 Å². The first-order chi connectivity index (χ1) is 12.0. The number of hydrogen-bond acceptors (Lipinski definition) is 4. The minimum Gasteiger partial charge on any atom is -0.347 e. The maximum Gasteiger partial charge on any atom is 0.270 e. The Bertz CT molecular complexity index is 854. The molecule has 1 fully saturated rings. The van der Waals surface area contributed by atoms with Gasteiger partial charge in [-0.25, -0.2) is 4.98 Å². The molecule has 1 saturated carbocycles. The zero-order valence-electron chi connectivity index (χ0n) is 13.3. The number of aromatic nitrogens is 1. The molecule has 1 aliphatic rings. The molecule has 25 heavy (non-hydrogen) atoms. The van der Waals surface area contributed by atoms with Crippen LogP contribution in [0.25, 0.3) is 0 Å². The molecule has 0 spiro atoms. The van der Waals surface area contributed by atoms with Crippen molar-refractivity contribution < 1.29 is 9.59 Å². The standard InChI is InChI=1S/C18H15IN4O2/c19-14-7-15(22-16(8-14)23-17(24)13-5-6-13)18(25)21-10-12-3-1-11(9-20)2-4-12/h1-4,7-8,13H,5-6,10H2,(H,21,25)(H,22,23,24). The molecular weight excluding hydrogens is 431 g/mol. The zero-order chi connectivity index (χ0) is 17.8. The number of halogens is 1. The van der Waals surface area contributed by atoms with E-state index in [1.54, 1.807) is 36.4 Å². The average molecular weight is 446 g/mol. The summed E-state index contributed by atoms with van der Waals surface area (Å²) in [6.07, 6.45) is 1.82. The maximum absolute atomic E-state index is 12.3. The molecule has 7 heteroatoms. The minimum atomic E-state index is -0.315. The number of rotatable bonds is 5. The van der Waals surface area contributed by atoms with E-state index in [0.717, 1.165) is 22.0 Å². The zero-order valence-corrected chi connectivity index (χ0v) is 15.4. The molecule has 0 saturated heterocycles. The Labute approximate surface area is 158 Å². The Morgan fingerprint density at radius 3 is 2.60 bits per heavy atom. The second kappa shape index (κ2) is 7.61. The van der Waals surface area contributed by atoms with Crippen LogP contribution in [0, 0.1) is 20.8 Å². The molecule has 6 nitrogen and oxygen atoms in total. The number of anilines is 1. The van der Waals surface area contributed by atoms with Gasteiger partial charge in [0.25, 0.3) is 5.91 Å². The number of hydrogen-bond donors (Lipinski definition) is 2. The van der Waals surface area contributed by atoms with E-state index in [0.29, 0.717) is 17.9 Å². The second-order valence-corrected chi connectivity index (χ2v) is 7.06. The average Bonchev–Trinajstić information content (AvgIpc) is 3.44. The molecule has 2 aromatic rings. The van der Waals surface area contributed by atoms with Gasteiger partial charge in [-0.1, -0.05) is 12.1 Å². The summed E-state index contributed by atoms with van der Waals surface area (Å²) in [5.74, 6) is 0.115. The fourth-order valence-electron chi connectivity index (χ4n) is 2.22. The van der Waals surface area contributed by atoms with Crippen molar-refractivity contribution in [3.05, 3.63) is 56.8 Å². The molecule has 0 bridgehead atoms. The smallest absolute Gasteiger partial charge is 0.270 e. The summed E-state index contributed by atoms with van der Waals surface area (Å²) in [7, 11) is 0. The van der Waals surface area contributed by atoms with Crippen molar-refractivity contribution in [2.45, 2.75) is 19.4 Å². The predicted octanol–water partition coefficient (Wildman–Crippen LogP) is 2.84. The molecular formula is C18H15IN4O2. The lowest BCUT2D eigenvalue weighted by Crippen LogP contribution is -2.24. The Balaban J connectivity index is 1.65. The van der Waals surface area contributed by atoms with Gasteiger partial charge in [0.2, 0.25) is 5.91 Å². The van der Waals surface area contributed by atoms with Crippen LogP contribution in [-0.2, 0) is 11.3 Å². The molecule has 3 rings (SSSR count). The Hall–Kier alpha value is -2.47. The topological polar surface area (TPSA) is 94.9 Å². The van der Waals surface area contributed by atoms with Crippen molar-refractivity contribution >= 4 is 40.2 Å². The molecule has 0 aliphatic heterocycles. The molecule has 1 aromatic carbocycles. The van der Waals surface area contributed by atoms with E-state index in [-0.39, 0.29) is 23.4 Å². The van der Waals surface area contributed by atoms with Crippen LogP contribution in [0.4, 0.5) is 5.82 Å². The summed E-state index contributed by atoms with van der Waals surface area (Å²) in [6.45, 7) is 0.335. The largest absolute Gasteiger partial charge is 0.347 e. The fraction of sp³-hybridized carbons (Fsp3) is 0.222. The summed E-state index contributed by atoms with van der Waals surface area (Å²) in [6, 6.07) is 12.5. The van der Waals surface area contributed by atoms with Gasteiger partial charge in [0.05, 0.1) is 11.6 Å². The normalized spacial score (nSPS) is 13.0. The number of nitriles is 1. The molecule has 0 unspecified atom stereocenters. The number of carbonyl (C=O) groups excluding carboxylic acids is 2. The van der Waals surface area contributed by atoms with Crippen molar-refractivity contribution in [3.8, 4) is 6.07 Å². The van der Waals surface area contributed by atoms with Crippen molar-refractivity contribution in [1.29, 1.82) is 5.26 Å². The van der Waals surface area contributed by atoms with Crippen LogP contribution >= 0.6 is 22.6 Å². The minimum absolute atomic E-state index is 0.0431. The van der Waals surface area contributed by atoms with E-state index >= 15 is 0 Å². The first kappa shape index (κ1) is 17.4. The van der Waals surface area contributed by atoms with E-state index in [2.05, 4.69) is 44.3 Å². The van der Waals surface area contributed by atoms with E-state index in [4.69, 9.17) is 5.26 Å². The van der Waals surface area contributed by atoms with E-state index in [1.165, 1.54) is 0 Å². The van der Waals surface area contributed by atoms with Crippen LogP contribution in [0.1, 0.15) is 34.5 Å². The molecule has 126 valence electrons. The second-order valence-electron chi connectivity index (χ2n) is 5.81. The summed E-state index contributed by atoms with van der Waals surface area (Å²) in [5.41, 5.74) is 1.72. The van der Waals surface area contributed by atoms with Gasteiger partial charge in [0.15, 0.2) is 0 Å². The van der Waals surface area contributed by atoms with Gasteiger partial charge < -0.3 is 10.6 Å². The van der Waals surface area contributed by atoms with Gasteiger partial charge >= 0.3 is 0 Å². The van der Waals surface area contributed by atoms with Gasteiger partial charge in [-0.2, -0.15) is 5.26 Å². The Morgan fingerprint density at radius 1 is 1.24 bits per heavy atom. The van der Waals surface area contributed by atoms with Crippen molar-refractivity contribution in [2.75, 3.05) is 5.32 Å². The highest BCUT2D eigenvalue weighted by Gasteiger charge is 2.30. The van der Waals surface area contributed by atoms with Gasteiger partial charge in [0.1, 0.15) is 11.5 Å². The number of benzene rings is 1. The van der Waals surface area contributed by atoms with Gasteiger partial charge in [-0.15, -0.1) is 0 Å². The molecule has 1 aromatic heterocycles. The number of carbonyl (C=O) groups is 2. The number of nitrogens with one attached hydrogen (secondary N) is 2. The third-order valence-corrected chi connectivity index (χ3v) is 4.38. The monoisotopic (exact) mass is 446 g/mol. The fourth-order valence-corrected chi connectivity index (χ4v) is 2.81. The van der Waals surface area contributed by atoms with Crippen LogP contribution in [-0.4, -0.2) is 16.8 Å². The Kier molecular flexibility index (Phi) is 5.28. The number of nitrogens with zero attached hydrogens (tertiary/aromatic N) is 2. The summed E-state index contributed by atoms with van der Waals surface area (Å²) < 4.78 is 0.822. The van der Waals surface area contributed by atoms with E-state index in [1.807, 2.05) is 0 Å². The SMILES string of the molecule is N#Cc1ccc(CNC(=O)c2cc(I)cc(NC(=O)C3CC3)n2)cc1. The quantitative estimate of drug-likeness (QED) is 0.691. The molecule has 2 amide bonds. The summed E-state index contributed by atoms with van der Waals surface area (Å²) in [4.78, 5) is 28.4. The van der Waals surface area contributed by atoms with E-state index in [9.17, 15) is 9.59 Å². The molecule has 1 aliphatic carbocycles. The van der Waals surface area contributed by atoms with Crippen LogP contribution in [0.2, 0.25) is 0 Å². The van der Waals surface area contributed by atoms with Gasteiger partial charge in [-0.3, -0.25) is 9.59 Å². The van der Waals surface area contributed by atoms with Crippen LogP contribution < -0.4 is 10.6 Å². The molecule has 0 radical (unpaired) electrons. The highest BCUT2D eigenvalue weighted by atomic mass is 127. The number of pyridine rings is 1. The van der Waals surface area contributed by atoms with Gasteiger partial charge in [0, 0.05) is 16.0 Å². The highest BCUT2D eigenvalue weighted by molar-refractivity contribution is 14.1. The first-order valence-electron chi connectivity index (χ1n) is 7.81. The lowest BCUT2D eigenvalue weighted by atomic mass is 10.1. The van der Waals surface area contributed by atoms with E-state index < -0.39 is 0 Å². The van der Waals surface area contributed by atoms with Crippen LogP contribution in [0.15, 0.2) is 36.4 Å². The van der Waals surface area contributed by atoms with Crippen molar-refractivity contribution in [2.24, 2.45) is 5.92 Å². The molecule has 2 N–H and O–H groups in total. The maximum atomic E-state index is 12.3. The lowest BCUT2D eigenvalue weighted by Gasteiger charge is -2.08.